The Morgan fingerprint density at radius 1 is 1.26 bits per heavy atom. The minimum atomic E-state index is -4.39. The van der Waals surface area contributed by atoms with Crippen LogP contribution in [0.25, 0.3) is 0 Å². The summed E-state index contributed by atoms with van der Waals surface area (Å²) in [6.07, 6.45) is -4.39. The van der Waals surface area contributed by atoms with Crippen molar-refractivity contribution in [2.45, 2.75) is 23.6 Å². The normalized spacial score (nSPS) is 11.8. The number of nitrogens with zero attached hydrogens (tertiary/aromatic N) is 4. The second-order valence-electron chi connectivity index (χ2n) is 3.65. The topological polar surface area (TPSA) is 43.6 Å². The van der Waals surface area contributed by atoms with Crippen molar-refractivity contribution >= 4 is 11.8 Å². The summed E-state index contributed by atoms with van der Waals surface area (Å²) in [6.45, 7) is -1.24. The molecule has 1 heterocycles. The van der Waals surface area contributed by atoms with Crippen molar-refractivity contribution in [3.63, 3.8) is 0 Å². The summed E-state index contributed by atoms with van der Waals surface area (Å²) in [7, 11) is 0. The van der Waals surface area contributed by atoms with Crippen molar-refractivity contribution < 1.29 is 17.6 Å². The van der Waals surface area contributed by atoms with Gasteiger partial charge in [0, 0.05) is 5.75 Å². The molecular weight excluding hydrogens is 284 g/mol. The molecule has 102 valence electrons. The molecule has 0 atom stereocenters. The average Bonchev–Trinajstić information content (AvgIpc) is 2.71. The second-order valence-corrected chi connectivity index (χ2v) is 4.60. The third kappa shape index (κ3) is 4.19. The molecule has 4 nitrogen and oxygen atoms in total. The van der Waals surface area contributed by atoms with Crippen LogP contribution in [-0.4, -0.2) is 26.4 Å². The minimum Gasteiger partial charge on any atom is -0.211 e. The van der Waals surface area contributed by atoms with Gasteiger partial charge in [0.2, 0.25) is 5.16 Å². The summed E-state index contributed by atoms with van der Waals surface area (Å²) in [4.78, 5) is 0. The monoisotopic (exact) mass is 292 g/mol. The van der Waals surface area contributed by atoms with Crippen LogP contribution >= 0.6 is 11.8 Å². The van der Waals surface area contributed by atoms with E-state index >= 15 is 0 Å². The molecule has 0 unspecified atom stereocenters. The molecule has 1 aromatic heterocycles. The zero-order valence-corrected chi connectivity index (χ0v) is 10.2. The number of rotatable bonds is 4. The van der Waals surface area contributed by atoms with Crippen LogP contribution in [0.4, 0.5) is 17.6 Å². The van der Waals surface area contributed by atoms with Gasteiger partial charge in [-0.05, 0) is 28.1 Å². The highest BCUT2D eigenvalue weighted by atomic mass is 32.2. The second kappa shape index (κ2) is 5.55. The largest absolute Gasteiger partial charge is 0.408 e. The molecular formula is C10H8F4N4S. The number of alkyl halides is 3. The van der Waals surface area contributed by atoms with Crippen LogP contribution in [-0.2, 0) is 12.3 Å². The Labute approximate surface area is 109 Å². The van der Waals surface area contributed by atoms with Gasteiger partial charge in [-0.25, -0.2) is 9.07 Å². The van der Waals surface area contributed by atoms with Gasteiger partial charge in [-0.3, -0.25) is 0 Å². The Morgan fingerprint density at radius 2 is 2.05 bits per heavy atom. The number of aromatic nitrogens is 4. The predicted molar refractivity (Wildman–Crippen MR) is 59.8 cm³/mol. The van der Waals surface area contributed by atoms with E-state index in [1.54, 1.807) is 6.07 Å². The lowest BCUT2D eigenvalue weighted by Crippen LogP contribution is -2.19. The van der Waals surface area contributed by atoms with Crippen molar-refractivity contribution in [1.82, 2.24) is 20.2 Å². The maximum Gasteiger partial charge on any atom is 0.408 e. The van der Waals surface area contributed by atoms with Gasteiger partial charge in [-0.2, -0.15) is 13.2 Å². The quantitative estimate of drug-likeness (QED) is 0.642. The molecule has 19 heavy (non-hydrogen) atoms. The molecule has 0 bridgehead atoms. The first kappa shape index (κ1) is 13.8. The number of hydrogen-bond acceptors (Lipinski definition) is 4. The van der Waals surface area contributed by atoms with Crippen LogP contribution in [0.3, 0.4) is 0 Å². The molecule has 2 aromatic rings. The van der Waals surface area contributed by atoms with Gasteiger partial charge in [-0.1, -0.05) is 23.9 Å². The summed E-state index contributed by atoms with van der Waals surface area (Å²) in [5, 5.41) is 10.0. The van der Waals surface area contributed by atoms with Crippen LogP contribution < -0.4 is 0 Å². The van der Waals surface area contributed by atoms with Gasteiger partial charge in [0.15, 0.2) is 0 Å². The Balaban J connectivity index is 2.02. The standard InChI is InChI=1S/C10H8F4N4S/c11-8-3-1-2-7(4-8)5-19-9-15-16-17-18(9)6-10(12,13)14/h1-4H,5-6H2. The van der Waals surface area contributed by atoms with Crippen LogP contribution in [0.1, 0.15) is 5.56 Å². The molecule has 0 radical (unpaired) electrons. The lowest BCUT2D eigenvalue weighted by Gasteiger charge is -2.07. The summed E-state index contributed by atoms with van der Waals surface area (Å²) in [5.74, 6) is -0.108. The van der Waals surface area contributed by atoms with E-state index in [-0.39, 0.29) is 10.9 Å². The summed E-state index contributed by atoms with van der Waals surface area (Å²) < 4.78 is 50.3. The number of thioether (sulfide) groups is 1. The number of benzene rings is 1. The predicted octanol–water partition coefficient (Wildman–Crippen LogP) is 2.67. The van der Waals surface area contributed by atoms with Crippen molar-refractivity contribution in [2.75, 3.05) is 0 Å². The van der Waals surface area contributed by atoms with E-state index < -0.39 is 18.5 Å². The average molecular weight is 292 g/mol. The molecule has 0 aliphatic rings. The van der Waals surface area contributed by atoms with E-state index in [2.05, 4.69) is 15.5 Å². The number of tetrazole rings is 1. The molecule has 0 fully saturated rings. The summed E-state index contributed by atoms with van der Waals surface area (Å²) >= 11 is 1.02. The minimum absolute atomic E-state index is 0.0431. The molecule has 0 spiro atoms. The highest BCUT2D eigenvalue weighted by molar-refractivity contribution is 7.98. The third-order valence-corrected chi connectivity index (χ3v) is 3.11. The zero-order valence-electron chi connectivity index (χ0n) is 9.43. The van der Waals surface area contributed by atoms with E-state index in [1.807, 2.05) is 0 Å². The molecule has 0 aliphatic heterocycles. The molecule has 9 heteroatoms. The van der Waals surface area contributed by atoms with E-state index in [9.17, 15) is 17.6 Å². The first-order chi connectivity index (χ1) is 8.94. The Kier molecular flexibility index (Phi) is 4.03. The molecule has 0 saturated carbocycles. The van der Waals surface area contributed by atoms with Crippen molar-refractivity contribution in [2.24, 2.45) is 0 Å². The number of hydrogen-bond donors (Lipinski definition) is 0. The van der Waals surface area contributed by atoms with E-state index in [4.69, 9.17) is 0 Å². The lowest BCUT2D eigenvalue weighted by molar-refractivity contribution is -0.144. The molecule has 1 aromatic carbocycles. The van der Waals surface area contributed by atoms with Crippen LogP contribution in [0, 0.1) is 5.82 Å². The van der Waals surface area contributed by atoms with Crippen LogP contribution in [0.15, 0.2) is 29.4 Å². The van der Waals surface area contributed by atoms with E-state index in [1.165, 1.54) is 18.2 Å². The highest BCUT2D eigenvalue weighted by Crippen LogP contribution is 2.23. The molecule has 0 aliphatic carbocycles. The van der Waals surface area contributed by atoms with Gasteiger partial charge in [-0.15, -0.1) is 5.10 Å². The Hall–Kier alpha value is -1.64. The first-order valence-corrected chi connectivity index (χ1v) is 6.13. The van der Waals surface area contributed by atoms with Crippen molar-refractivity contribution in [1.29, 1.82) is 0 Å². The van der Waals surface area contributed by atoms with Gasteiger partial charge >= 0.3 is 6.18 Å². The maximum absolute atomic E-state index is 12.9. The van der Waals surface area contributed by atoms with Crippen molar-refractivity contribution in [3.05, 3.63) is 35.6 Å². The Bertz CT molecular complexity index is 554. The maximum atomic E-state index is 12.9. The summed E-state index contributed by atoms with van der Waals surface area (Å²) in [6, 6.07) is 5.81. The third-order valence-electron chi connectivity index (χ3n) is 2.09. The first-order valence-electron chi connectivity index (χ1n) is 5.14. The molecule has 2 rings (SSSR count). The highest BCUT2D eigenvalue weighted by Gasteiger charge is 2.30. The fraction of sp³-hybridized carbons (Fsp3) is 0.300. The molecule has 0 amide bonds. The molecule has 0 saturated heterocycles. The summed E-state index contributed by atoms with van der Waals surface area (Å²) in [5.41, 5.74) is 0.645. The van der Waals surface area contributed by atoms with Gasteiger partial charge in [0.1, 0.15) is 12.4 Å². The SMILES string of the molecule is Fc1cccc(CSc2nnnn2CC(F)(F)F)c1. The van der Waals surface area contributed by atoms with Crippen molar-refractivity contribution in [3.8, 4) is 0 Å². The van der Waals surface area contributed by atoms with E-state index in [0.717, 1.165) is 11.8 Å². The van der Waals surface area contributed by atoms with Gasteiger partial charge in [0.05, 0.1) is 0 Å². The van der Waals surface area contributed by atoms with E-state index in [0.29, 0.717) is 10.2 Å². The lowest BCUT2D eigenvalue weighted by atomic mass is 10.2. The van der Waals surface area contributed by atoms with Crippen LogP contribution in [0.2, 0.25) is 0 Å². The Morgan fingerprint density at radius 3 is 2.74 bits per heavy atom. The van der Waals surface area contributed by atoms with Gasteiger partial charge < -0.3 is 0 Å². The van der Waals surface area contributed by atoms with Crippen LogP contribution in [0.5, 0.6) is 0 Å². The fourth-order valence-corrected chi connectivity index (χ4v) is 2.16. The molecule has 0 N–H and O–H groups in total. The number of halogens is 4. The zero-order chi connectivity index (χ0) is 13.9. The smallest absolute Gasteiger partial charge is 0.211 e. The fourth-order valence-electron chi connectivity index (χ4n) is 1.34. The van der Waals surface area contributed by atoms with Gasteiger partial charge in [0.25, 0.3) is 0 Å².